The van der Waals surface area contributed by atoms with Gasteiger partial charge in [0.2, 0.25) is 0 Å². The molecule has 2 heterocycles. The minimum absolute atomic E-state index is 0.0171. The molecule has 3 nitrogen and oxygen atoms in total. The highest BCUT2D eigenvalue weighted by Crippen LogP contribution is 2.20. The molecule has 0 N–H and O–H groups in total. The quantitative estimate of drug-likeness (QED) is 0.637. The summed E-state index contributed by atoms with van der Waals surface area (Å²) in [4.78, 5) is 17.1. The number of nitrogens with zero attached hydrogens (tertiary/aromatic N) is 2. The van der Waals surface area contributed by atoms with Gasteiger partial charge in [-0.25, -0.2) is 4.98 Å². The number of aryl methyl sites for hydroxylation is 2. The molecule has 2 aromatic rings. The summed E-state index contributed by atoms with van der Waals surface area (Å²) >= 11 is 7.30. The van der Waals surface area contributed by atoms with Crippen LogP contribution in [0.1, 0.15) is 31.6 Å². The third-order valence-corrected chi connectivity index (χ3v) is 4.12. The van der Waals surface area contributed by atoms with Gasteiger partial charge in [0.15, 0.2) is 5.78 Å². The summed E-state index contributed by atoms with van der Waals surface area (Å²) < 4.78 is 2.13. The van der Waals surface area contributed by atoms with Gasteiger partial charge in [-0.2, -0.15) is 0 Å². The highest BCUT2D eigenvalue weighted by atomic mass is 35.5. The predicted molar refractivity (Wildman–Crippen MR) is 74.9 cm³/mol. The Bertz CT molecular complexity index is 586. The predicted octanol–water partition coefficient (Wildman–Crippen LogP) is 3.34. The Morgan fingerprint density at radius 1 is 1.44 bits per heavy atom. The summed E-state index contributed by atoms with van der Waals surface area (Å²) in [5.74, 6) is 0.0146. The zero-order valence-corrected chi connectivity index (χ0v) is 12.2. The van der Waals surface area contributed by atoms with Gasteiger partial charge in [0, 0.05) is 28.0 Å². The van der Waals surface area contributed by atoms with Gasteiger partial charge in [-0.3, -0.25) is 4.79 Å². The first-order valence-corrected chi connectivity index (χ1v) is 7.05. The smallest absolute Gasteiger partial charge is 0.179 e. The first kappa shape index (κ1) is 13.3. The van der Waals surface area contributed by atoms with Crippen LogP contribution in [-0.2, 0) is 6.54 Å². The van der Waals surface area contributed by atoms with E-state index in [2.05, 4.69) is 9.55 Å². The van der Waals surface area contributed by atoms with E-state index in [4.69, 9.17) is 11.6 Å². The Labute approximate surface area is 115 Å². The topological polar surface area (TPSA) is 34.9 Å². The molecule has 0 aliphatic heterocycles. The molecule has 0 aromatic carbocycles. The first-order chi connectivity index (χ1) is 8.52. The van der Waals surface area contributed by atoms with Gasteiger partial charge in [0.05, 0.1) is 17.4 Å². The van der Waals surface area contributed by atoms with Crippen LogP contribution in [0.4, 0.5) is 0 Å². The van der Waals surface area contributed by atoms with E-state index in [0.29, 0.717) is 0 Å². The van der Waals surface area contributed by atoms with Gasteiger partial charge >= 0.3 is 0 Å². The molecule has 0 spiro atoms. The van der Waals surface area contributed by atoms with E-state index in [9.17, 15) is 4.79 Å². The fraction of sp³-hybridized carbons (Fsp3) is 0.385. The van der Waals surface area contributed by atoms with Crippen molar-refractivity contribution in [1.82, 2.24) is 9.55 Å². The van der Waals surface area contributed by atoms with Crippen LogP contribution in [0.3, 0.4) is 0 Å². The van der Waals surface area contributed by atoms with E-state index < -0.39 is 0 Å². The summed E-state index contributed by atoms with van der Waals surface area (Å²) in [6.45, 7) is 6.72. The number of ketones is 1. The molecule has 0 aliphatic rings. The molecule has 0 amide bonds. The summed E-state index contributed by atoms with van der Waals surface area (Å²) in [6, 6.07) is 1.91. The lowest BCUT2D eigenvalue weighted by molar-refractivity contribution is 0.102. The van der Waals surface area contributed by atoms with Crippen molar-refractivity contribution >= 4 is 28.7 Å². The summed E-state index contributed by atoms with van der Waals surface area (Å²) in [5.41, 5.74) is 2.78. The van der Waals surface area contributed by atoms with Crippen LogP contribution in [0, 0.1) is 20.8 Å². The van der Waals surface area contributed by atoms with Crippen molar-refractivity contribution in [2.75, 3.05) is 5.88 Å². The monoisotopic (exact) mass is 282 g/mol. The van der Waals surface area contributed by atoms with Crippen LogP contribution in [0.15, 0.2) is 12.3 Å². The van der Waals surface area contributed by atoms with Crippen molar-refractivity contribution in [2.24, 2.45) is 0 Å². The van der Waals surface area contributed by atoms with Crippen molar-refractivity contribution < 1.29 is 4.79 Å². The first-order valence-electron chi connectivity index (χ1n) is 5.70. The fourth-order valence-corrected chi connectivity index (χ4v) is 2.96. The third-order valence-electron chi connectivity index (χ3n) is 2.98. The molecule has 0 radical (unpaired) electrons. The molecule has 0 fully saturated rings. The number of aromatic nitrogens is 2. The summed E-state index contributed by atoms with van der Waals surface area (Å²) in [7, 11) is 0. The van der Waals surface area contributed by atoms with Crippen molar-refractivity contribution in [3.05, 3.63) is 39.1 Å². The average molecular weight is 283 g/mol. The highest BCUT2D eigenvalue weighted by molar-refractivity contribution is 7.11. The van der Waals surface area contributed by atoms with Crippen LogP contribution >= 0.6 is 22.9 Å². The second-order valence-corrected chi connectivity index (χ2v) is 5.86. The molecule has 2 rings (SSSR count). The van der Waals surface area contributed by atoms with Crippen LogP contribution in [0.25, 0.3) is 0 Å². The van der Waals surface area contributed by atoms with E-state index in [1.807, 2.05) is 33.0 Å². The Balaban J connectivity index is 2.34. The molecule has 0 atom stereocenters. The zero-order valence-electron chi connectivity index (χ0n) is 10.7. The lowest BCUT2D eigenvalue weighted by atomic mass is 10.2. The molecule has 0 aliphatic carbocycles. The molecule has 5 heteroatoms. The number of carbonyl (C=O) groups is 1. The van der Waals surface area contributed by atoms with E-state index in [1.54, 1.807) is 11.3 Å². The maximum Gasteiger partial charge on any atom is 0.179 e. The lowest BCUT2D eigenvalue weighted by Gasteiger charge is -2.07. The van der Waals surface area contributed by atoms with Crippen LogP contribution in [-0.4, -0.2) is 21.2 Å². The minimum Gasteiger partial charge on any atom is -0.343 e. The van der Waals surface area contributed by atoms with E-state index in [1.165, 1.54) is 4.88 Å². The van der Waals surface area contributed by atoms with Gasteiger partial charge < -0.3 is 4.57 Å². The Kier molecular flexibility index (Phi) is 3.88. The van der Waals surface area contributed by atoms with Gasteiger partial charge in [-0.05, 0) is 26.8 Å². The standard InChI is InChI=1S/C13H15ClN2OS/c1-8-4-12(13(17)5-14)9(2)16(8)7-11-6-15-10(3)18-11/h4,6H,5,7H2,1-3H3. The Morgan fingerprint density at radius 3 is 2.72 bits per heavy atom. The molecule has 0 unspecified atom stereocenters. The third kappa shape index (κ3) is 2.49. The molecular weight excluding hydrogens is 268 g/mol. The minimum atomic E-state index is -0.0171. The summed E-state index contributed by atoms with van der Waals surface area (Å²) in [6.07, 6.45) is 1.89. The number of hydrogen-bond donors (Lipinski definition) is 0. The molecule has 0 bridgehead atoms. The second-order valence-electron chi connectivity index (χ2n) is 4.27. The molecule has 0 saturated carbocycles. The van der Waals surface area contributed by atoms with Gasteiger partial charge in [0.1, 0.15) is 0 Å². The van der Waals surface area contributed by atoms with E-state index >= 15 is 0 Å². The van der Waals surface area contributed by atoms with Gasteiger partial charge in [-0.1, -0.05) is 0 Å². The van der Waals surface area contributed by atoms with E-state index in [0.717, 1.165) is 28.5 Å². The number of carbonyl (C=O) groups excluding carboxylic acids is 1. The maximum atomic E-state index is 11.7. The van der Waals surface area contributed by atoms with Crippen molar-refractivity contribution in [3.8, 4) is 0 Å². The highest BCUT2D eigenvalue weighted by Gasteiger charge is 2.15. The Hall–Kier alpha value is -1.13. The SMILES string of the molecule is Cc1ncc(Cn2c(C)cc(C(=O)CCl)c2C)s1. The zero-order chi connectivity index (χ0) is 13.3. The molecular formula is C13H15ClN2OS. The number of thiazole rings is 1. The largest absolute Gasteiger partial charge is 0.343 e. The number of rotatable bonds is 4. The summed E-state index contributed by atoms with van der Waals surface area (Å²) in [5, 5.41) is 1.06. The fourth-order valence-electron chi connectivity index (χ4n) is 2.03. The number of Topliss-reactive ketones (excluding diaryl/α,β-unsaturated/α-hetero) is 1. The van der Waals surface area contributed by atoms with Crippen molar-refractivity contribution in [2.45, 2.75) is 27.3 Å². The number of hydrogen-bond acceptors (Lipinski definition) is 3. The molecule has 18 heavy (non-hydrogen) atoms. The lowest BCUT2D eigenvalue weighted by Crippen LogP contribution is -2.06. The van der Waals surface area contributed by atoms with Gasteiger partial charge in [0.25, 0.3) is 0 Å². The number of alkyl halides is 1. The van der Waals surface area contributed by atoms with E-state index in [-0.39, 0.29) is 11.7 Å². The van der Waals surface area contributed by atoms with Crippen LogP contribution in [0.5, 0.6) is 0 Å². The average Bonchev–Trinajstić information content (AvgIpc) is 2.87. The second kappa shape index (κ2) is 5.24. The Morgan fingerprint density at radius 2 is 2.17 bits per heavy atom. The van der Waals surface area contributed by atoms with Crippen LogP contribution < -0.4 is 0 Å². The molecule has 2 aromatic heterocycles. The molecule has 0 saturated heterocycles. The maximum absolute atomic E-state index is 11.7. The molecule has 96 valence electrons. The number of halogens is 1. The van der Waals surface area contributed by atoms with Crippen molar-refractivity contribution in [1.29, 1.82) is 0 Å². The van der Waals surface area contributed by atoms with Gasteiger partial charge in [-0.15, -0.1) is 22.9 Å². The normalized spacial score (nSPS) is 10.9. The van der Waals surface area contributed by atoms with Crippen molar-refractivity contribution in [3.63, 3.8) is 0 Å². The van der Waals surface area contributed by atoms with Crippen LogP contribution in [0.2, 0.25) is 0 Å².